The zero-order valence-electron chi connectivity index (χ0n) is 14.7. The summed E-state index contributed by atoms with van der Waals surface area (Å²) in [6, 6.07) is 0. The van der Waals surface area contributed by atoms with Crippen LogP contribution in [0.3, 0.4) is 0 Å². The average Bonchev–Trinajstić information content (AvgIpc) is 2.93. The van der Waals surface area contributed by atoms with Crippen LogP contribution in [0.25, 0.3) is 0 Å². The number of carbonyl (C=O) groups excluding carboxylic acids is 1. The highest BCUT2D eigenvalue weighted by Gasteiger charge is 2.55. The number of carbonyl (C=O) groups is 1. The molecule has 0 aromatic rings. The van der Waals surface area contributed by atoms with Crippen LogP contribution in [-0.4, -0.2) is 5.78 Å². The van der Waals surface area contributed by atoms with Crippen LogP contribution in [-0.2, 0) is 4.79 Å². The highest BCUT2D eigenvalue weighted by molar-refractivity contribution is 5.92. The summed E-state index contributed by atoms with van der Waals surface area (Å²) in [6.45, 7) is 15.2. The quantitative estimate of drug-likeness (QED) is 0.528. The highest BCUT2D eigenvalue weighted by atomic mass is 16.1. The number of ketones is 1. The van der Waals surface area contributed by atoms with Crippen molar-refractivity contribution in [1.29, 1.82) is 0 Å². The fourth-order valence-electron chi connectivity index (χ4n) is 6.05. The van der Waals surface area contributed by atoms with Crippen molar-refractivity contribution >= 4 is 5.78 Å². The van der Waals surface area contributed by atoms with E-state index in [1.54, 1.807) is 0 Å². The minimum absolute atomic E-state index is 0.206. The summed E-state index contributed by atoms with van der Waals surface area (Å²) in [5.41, 5.74) is 3.18. The molecule has 1 nitrogen and oxygen atoms in total. The van der Waals surface area contributed by atoms with Gasteiger partial charge in [-0.05, 0) is 72.3 Å². The molecule has 0 aromatic carbocycles. The SMILES string of the molecule is C=C.C=C1C[C@H]2[C@@H]3CC=C[C@@]3(C)CC[C@@H]2[C@@]2(C)CCC(=O)C=C12. The Labute approximate surface area is 141 Å². The minimum Gasteiger partial charge on any atom is -0.295 e. The van der Waals surface area contributed by atoms with Crippen molar-refractivity contribution in [3.8, 4) is 0 Å². The van der Waals surface area contributed by atoms with Crippen molar-refractivity contribution in [3.63, 3.8) is 0 Å². The molecule has 0 bridgehead atoms. The van der Waals surface area contributed by atoms with E-state index in [1.807, 2.05) is 6.08 Å². The van der Waals surface area contributed by atoms with E-state index in [1.165, 1.54) is 30.4 Å². The van der Waals surface area contributed by atoms with Crippen molar-refractivity contribution in [1.82, 2.24) is 0 Å². The maximum absolute atomic E-state index is 11.9. The van der Waals surface area contributed by atoms with E-state index in [4.69, 9.17) is 0 Å². The van der Waals surface area contributed by atoms with Crippen LogP contribution in [0, 0.1) is 28.6 Å². The molecule has 5 atom stereocenters. The number of allylic oxidation sites excluding steroid dienone is 5. The molecule has 0 saturated heterocycles. The van der Waals surface area contributed by atoms with E-state index >= 15 is 0 Å². The fraction of sp³-hybridized carbons (Fsp3) is 0.591. The molecule has 124 valence electrons. The summed E-state index contributed by atoms with van der Waals surface area (Å²) in [7, 11) is 0. The lowest BCUT2D eigenvalue weighted by molar-refractivity contribution is -0.116. The Morgan fingerprint density at radius 1 is 1.17 bits per heavy atom. The third-order valence-electron chi connectivity index (χ3n) is 7.26. The Balaban J connectivity index is 0.000000753. The molecule has 0 radical (unpaired) electrons. The second-order valence-electron chi connectivity index (χ2n) is 8.31. The van der Waals surface area contributed by atoms with Crippen molar-refractivity contribution in [2.24, 2.45) is 28.6 Å². The van der Waals surface area contributed by atoms with E-state index in [2.05, 4.69) is 45.7 Å². The third-order valence-corrected chi connectivity index (χ3v) is 7.26. The van der Waals surface area contributed by atoms with E-state index in [-0.39, 0.29) is 5.41 Å². The lowest BCUT2D eigenvalue weighted by atomic mass is 9.47. The summed E-state index contributed by atoms with van der Waals surface area (Å²) in [4.78, 5) is 11.9. The molecule has 0 spiro atoms. The first kappa shape index (κ1) is 16.5. The van der Waals surface area contributed by atoms with Gasteiger partial charge in [-0.25, -0.2) is 0 Å². The van der Waals surface area contributed by atoms with Crippen LogP contribution in [0.2, 0.25) is 0 Å². The van der Waals surface area contributed by atoms with E-state index in [0.29, 0.717) is 11.2 Å². The van der Waals surface area contributed by atoms with Gasteiger partial charge in [-0.2, -0.15) is 0 Å². The Morgan fingerprint density at radius 3 is 2.65 bits per heavy atom. The molecule has 0 unspecified atom stereocenters. The summed E-state index contributed by atoms with van der Waals surface area (Å²) in [5, 5.41) is 0. The molecule has 4 aliphatic carbocycles. The maximum Gasteiger partial charge on any atom is 0.156 e. The van der Waals surface area contributed by atoms with Gasteiger partial charge in [0.25, 0.3) is 0 Å². The van der Waals surface area contributed by atoms with Gasteiger partial charge in [0.05, 0.1) is 0 Å². The van der Waals surface area contributed by atoms with Gasteiger partial charge >= 0.3 is 0 Å². The van der Waals surface area contributed by atoms with Crippen LogP contribution >= 0.6 is 0 Å². The molecule has 0 amide bonds. The van der Waals surface area contributed by atoms with Gasteiger partial charge < -0.3 is 0 Å². The predicted octanol–water partition coefficient (Wildman–Crippen LogP) is 5.65. The van der Waals surface area contributed by atoms with Gasteiger partial charge in [0, 0.05) is 6.42 Å². The van der Waals surface area contributed by atoms with Crippen molar-refractivity contribution in [3.05, 3.63) is 49.1 Å². The molecule has 0 heterocycles. The molecular formula is C22H30O. The van der Waals surface area contributed by atoms with E-state index in [9.17, 15) is 4.79 Å². The first-order valence-electron chi connectivity index (χ1n) is 9.05. The van der Waals surface area contributed by atoms with Gasteiger partial charge in [0.1, 0.15) is 0 Å². The molecule has 0 aliphatic heterocycles. The average molecular weight is 310 g/mol. The summed E-state index contributed by atoms with van der Waals surface area (Å²) < 4.78 is 0. The Bertz CT molecular complexity index is 595. The van der Waals surface area contributed by atoms with Gasteiger partial charge in [-0.1, -0.05) is 38.2 Å². The molecule has 2 fully saturated rings. The first-order valence-corrected chi connectivity index (χ1v) is 9.05. The second-order valence-corrected chi connectivity index (χ2v) is 8.31. The third kappa shape index (κ3) is 2.31. The fourth-order valence-corrected chi connectivity index (χ4v) is 6.05. The maximum atomic E-state index is 11.9. The lowest BCUT2D eigenvalue weighted by Gasteiger charge is -2.57. The molecule has 4 rings (SSSR count). The molecule has 0 aromatic heterocycles. The van der Waals surface area contributed by atoms with Gasteiger partial charge in [0.2, 0.25) is 0 Å². The van der Waals surface area contributed by atoms with Crippen molar-refractivity contribution in [2.75, 3.05) is 0 Å². The Kier molecular flexibility index (Phi) is 4.02. The van der Waals surface area contributed by atoms with Crippen molar-refractivity contribution in [2.45, 2.75) is 52.4 Å². The molecule has 1 heteroatoms. The zero-order chi connectivity index (χ0) is 16.8. The number of hydrogen-bond donors (Lipinski definition) is 0. The van der Waals surface area contributed by atoms with Crippen LogP contribution < -0.4 is 0 Å². The number of hydrogen-bond acceptors (Lipinski definition) is 1. The van der Waals surface area contributed by atoms with Crippen LogP contribution in [0.15, 0.2) is 49.1 Å². The van der Waals surface area contributed by atoms with Crippen LogP contribution in [0.5, 0.6) is 0 Å². The summed E-state index contributed by atoms with van der Waals surface area (Å²) in [6.07, 6.45) is 13.6. The van der Waals surface area contributed by atoms with Crippen LogP contribution in [0.1, 0.15) is 52.4 Å². The van der Waals surface area contributed by atoms with Gasteiger partial charge in [-0.15, -0.1) is 13.2 Å². The molecule has 2 saturated carbocycles. The predicted molar refractivity (Wildman–Crippen MR) is 97.0 cm³/mol. The standard InChI is InChI=1S/C20H26O.C2H4/c1-13-11-15-16-5-4-8-19(16,2)9-7-17(15)20(3)10-6-14(21)12-18(13)20;1-2/h4,8,12,15-17H,1,5-7,9-11H2,2-3H3;1-2H2/t15-,16-,17-,19-,20+;/m0./s1. The second kappa shape index (κ2) is 5.61. The van der Waals surface area contributed by atoms with Gasteiger partial charge in [-0.3, -0.25) is 4.79 Å². The first-order chi connectivity index (χ1) is 10.9. The Hall–Kier alpha value is -1.37. The number of rotatable bonds is 0. The molecule has 23 heavy (non-hydrogen) atoms. The highest BCUT2D eigenvalue weighted by Crippen LogP contribution is 2.64. The normalized spacial score (nSPS) is 44.4. The lowest BCUT2D eigenvalue weighted by Crippen LogP contribution is -2.49. The zero-order valence-corrected chi connectivity index (χ0v) is 14.7. The largest absolute Gasteiger partial charge is 0.295 e. The van der Waals surface area contributed by atoms with Crippen molar-refractivity contribution < 1.29 is 4.79 Å². The number of fused-ring (bicyclic) bond motifs is 5. The summed E-state index contributed by atoms with van der Waals surface area (Å²) in [5.74, 6) is 2.62. The Morgan fingerprint density at radius 2 is 1.91 bits per heavy atom. The molecular weight excluding hydrogens is 280 g/mol. The van der Waals surface area contributed by atoms with E-state index < -0.39 is 0 Å². The monoisotopic (exact) mass is 310 g/mol. The van der Waals surface area contributed by atoms with Crippen LogP contribution in [0.4, 0.5) is 0 Å². The van der Waals surface area contributed by atoms with Gasteiger partial charge in [0.15, 0.2) is 5.78 Å². The van der Waals surface area contributed by atoms with E-state index in [0.717, 1.165) is 37.0 Å². The molecule has 4 aliphatic rings. The summed E-state index contributed by atoms with van der Waals surface area (Å²) >= 11 is 0. The topological polar surface area (TPSA) is 17.1 Å². The molecule has 0 N–H and O–H groups in total. The smallest absolute Gasteiger partial charge is 0.156 e. The minimum atomic E-state index is 0.206.